The third-order valence-corrected chi connectivity index (χ3v) is 12.0. The van der Waals surface area contributed by atoms with E-state index in [0.29, 0.717) is 52.4 Å². The summed E-state index contributed by atoms with van der Waals surface area (Å²) in [7, 11) is 1.99. The predicted molar refractivity (Wildman–Crippen MR) is 129 cm³/mol. The molecule has 6 rings (SSSR count). The number of aromatic nitrogens is 1. The first-order chi connectivity index (χ1) is 15.9. The van der Waals surface area contributed by atoms with Gasteiger partial charge in [0.1, 0.15) is 0 Å². The summed E-state index contributed by atoms with van der Waals surface area (Å²) >= 11 is 0. The molecule has 5 saturated carbocycles. The second-order valence-corrected chi connectivity index (χ2v) is 12.9. The Bertz CT molecular complexity index is 905. The molecular formula is C29H43NO3. The number of hydrogen-bond donors (Lipinski definition) is 1. The van der Waals surface area contributed by atoms with Crippen LogP contribution in [0.4, 0.5) is 0 Å². The zero-order valence-electron chi connectivity index (χ0n) is 21.1. The maximum Gasteiger partial charge on any atom is 0.213 e. The fraction of sp³-hybridized carbons (Fsp3) is 0.828. The average Bonchev–Trinajstić information content (AvgIpc) is 3.33. The molecule has 1 N–H and O–H groups in total. The van der Waals surface area contributed by atoms with Gasteiger partial charge in [0.2, 0.25) is 5.88 Å². The number of fused-ring (bicyclic) bond motifs is 4. The van der Waals surface area contributed by atoms with Crippen molar-refractivity contribution in [2.24, 2.45) is 51.8 Å². The van der Waals surface area contributed by atoms with E-state index in [9.17, 15) is 5.11 Å². The molecule has 5 aliphatic carbocycles. The molecule has 2 unspecified atom stereocenters. The molecule has 1 spiro atoms. The largest absolute Gasteiger partial charge is 0.477 e. The van der Waals surface area contributed by atoms with Gasteiger partial charge >= 0.3 is 0 Å². The molecule has 0 bridgehead atoms. The van der Waals surface area contributed by atoms with Crippen molar-refractivity contribution < 1.29 is 14.6 Å². The van der Waals surface area contributed by atoms with E-state index in [1.54, 1.807) is 0 Å². The van der Waals surface area contributed by atoms with Crippen molar-refractivity contribution in [2.45, 2.75) is 84.8 Å². The lowest BCUT2D eigenvalue weighted by Crippen LogP contribution is -2.57. The van der Waals surface area contributed by atoms with E-state index in [1.807, 2.05) is 25.3 Å². The van der Waals surface area contributed by atoms with Crippen LogP contribution in [0.3, 0.4) is 0 Å². The second kappa shape index (κ2) is 7.68. The first-order valence-electron chi connectivity index (χ1n) is 13.6. The number of rotatable bonds is 6. The van der Waals surface area contributed by atoms with E-state index >= 15 is 0 Å². The maximum atomic E-state index is 9.37. The quantitative estimate of drug-likeness (QED) is 0.585. The molecular weight excluding hydrogens is 410 g/mol. The normalized spacial score (nSPS) is 48.4. The van der Waals surface area contributed by atoms with E-state index in [0.717, 1.165) is 23.7 Å². The molecule has 33 heavy (non-hydrogen) atoms. The monoisotopic (exact) mass is 453 g/mol. The zero-order valence-corrected chi connectivity index (χ0v) is 21.1. The van der Waals surface area contributed by atoms with Gasteiger partial charge in [-0.3, -0.25) is 0 Å². The zero-order chi connectivity index (χ0) is 23.0. The first kappa shape index (κ1) is 22.3. The van der Waals surface area contributed by atoms with Gasteiger partial charge in [-0.25, -0.2) is 4.98 Å². The third kappa shape index (κ3) is 2.98. The highest BCUT2D eigenvalue weighted by Crippen LogP contribution is 2.82. The number of pyridine rings is 1. The molecule has 0 saturated heterocycles. The molecule has 4 nitrogen and oxygen atoms in total. The van der Waals surface area contributed by atoms with Crippen molar-refractivity contribution in [3.05, 3.63) is 23.9 Å². The molecule has 1 heterocycles. The lowest BCUT2D eigenvalue weighted by molar-refractivity contribution is -0.161. The smallest absolute Gasteiger partial charge is 0.213 e. The molecule has 0 aromatic carbocycles. The van der Waals surface area contributed by atoms with Crippen molar-refractivity contribution in [1.82, 2.24) is 4.98 Å². The van der Waals surface area contributed by atoms with Crippen LogP contribution in [-0.4, -0.2) is 29.9 Å². The van der Waals surface area contributed by atoms with Crippen LogP contribution < -0.4 is 4.74 Å². The van der Waals surface area contributed by atoms with Gasteiger partial charge in [-0.1, -0.05) is 26.8 Å². The van der Waals surface area contributed by atoms with Crippen molar-refractivity contribution in [3.8, 4) is 5.88 Å². The lowest BCUT2D eigenvalue weighted by Gasteiger charge is -2.61. The van der Waals surface area contributed by atoms with Crippen LogP contribution in [-0.2, 0) is 11.3 Å². The van der Waals surface area contributed by atoms with Crippen LogP contribution in [0.25, 0.3) is 0 Å². The molecule has 0 aliphatic heterocycles. The SMILES string of the molecule is COC1C[C@H]2[C@@H]3CC[C@H](C(C)COc4cccc(CO)n4)[C@@]3(C)CC[C@@H]2[C@@]2(C)CC[C@@H]3C[C@@]132. The van der Waals surface area contributed by atoms with Gasteiger partial charge < -0.3 is 14.6 Å². The minimum absolute atomic E-state index is 0.0406. The summed E-state index contributed by atoms with van der Waals surface area (Å²) in [5, 5.41) is 9.37. The Kier molecular flexibility index (Phi) is 5.20. The maximum absolute atomic E-state index is 9.37. The predicted octanol–water partition coefficient (Wildman–Crippen LogP) is 5.87. The Morgan fingerprint density at radius 2 is 1.97 bits per heavy atom. The van der Waals surface area contributed by atoms with E-state index < -0.39 is 0 Å². The van der Waals surface area contributed by atoms with Gasteiger partial charge in [-0.2, -0.15) is 0 Å². The van der Waals surface area contributed by atoms with Crippen molar-refractivity contribution >= 4 is 0 Å². The van der Waals surface area contributed by atoms with Gasteiger partial charge in [0.25, 0.3) is 0 Å². The van der Waals surface area contributed by atoms with Gasteiger partial charge in [0.15, 0.2) is 0 Å². The van der Waals surface area contributed by atoms with Crippen LogP contribution >= 0.6 is 0 Å². The summed E-state index contributed by atoms with van der Waals surface area (Å²) in [6.45, 7) is 8.35. The van der Waals surface area contributed by atoms with E-state index in [4.69, 9.17) is 9.47 Å². The number of ether oxygens (including phenoxy) is 2. The minimum atomic E-state index is -0.0406. The molecule has 5 fully saturated rings. The van der Waals surface area contributed by atoms with Gasteiger partial charge in [-0.15, -0.1) is 0 Å². The average molecular weight is 454 g/mol. The van der Waals surface area contributed by atoms with E-state index in [1.165, 1.54) is 51.4 Å². The topological polar surface area (TPSA) is 51.6 Å². The first-order valence-corrected chi connectivity index (χ1v) is 13.6. The Morgan fingerprint density at radius 1 is 1.12 bits per heavy atom. The molecule has 0 radical (unpaired) electrons. The molecule has 5 aliphatic rings. The summed E-state index contributed by atoms with van der Waals surface area (Å²) in [5.41, 5.74) is 2.13. The fourth-order valence-electron chi connectivity index (χ4n) is 10.5. The fourth-order valence-corrected chi connectivity index (χ4v) is 10.5. The number of methoxy groups -OCH3 is 1. The minimum Gasteiger partial charge on any atom is -0.477 e. The highest BCUT2D eigenvalue weighted by Gasteiger charge is 2.77. The van der Waals surface area contributed by atoms with Gasteiger partial charge in [0, 0.05) is 18.6 Å². The Morgan fingerprint density at radius 3 is 2.73 bits per heavy atom. The van der Waals surface area contributed by atoms with Crippen LogP contribution in [0.1, 0.15) is 77.8 Å². The number of nitrogens with zero attached hydrogens (tertiary/aromatic N) is 1. The van der Waals surface area contributed by atoms with Crippen molar-refractivity contribution in [1.29, 1.82) is 0 Å². The number of hydrogen-bond acceptors (Lipinski definition) is 4. The van der Waals surface area contributed by atoms with Gasteiger partial charge in [0.05, 0.1) is 25.0 Å². The highest BCUT2D eigenvalue weighted by molar-refractivity contribution is 5.26. The number of aliphatic hydroxyl groups is 1. The molecule has 4 heteroatoms. The lowest BCUT2D eigenvalue weighted by atomic mass is 9.45. The Hall–Kier alpha value is -1.13. The second-order valence-electron chi connectivity index (χ2n) is 12.9. The van der Waals surface area contributed by atoms with E-state index in [2.05, 4.69) is 25.8 Å². The van der Waals surface area contributed by atoms with Crippen LogP contribution in [0.5, 0.6) is 5.88 Å². The highest BCUT2D eigenvalue weighted by atomic mass is 16.5. The molecule has 1 aromatic rings. The summed E-state index contributed by atoms with van der Waals surface area (Å²) in [4.78, 5) is 4.42. The third-order valence-electron chi connectivity index (χ3n) is 12.0. The van der Waals surface area contributed by atoms with Gasteiger partial charge in [-0.05, 0) is 104 Å². The Labute approximate surface area is 199 Å². The van der Waals surface area contributed by atoms with Crippen LogP contribution in [0, 0.1) is 51.8 Å². The molecule has 0 amide bonds. The summed E-state index contributed by atoms with van der Waals surface area (Å²) in [6.07, 6.45) is 11.7. The summed E-state index contributed by atoms with van der Waals surface area (Å²) < 4.78 is 12.4. The number of aliphatic hydroxyl groups excluding tert-OH is 1. The van der Waals surface area contributed by atoms with Crippen LogP contribution in [0.15, 0.2) is 18.2 Å². The van der Waals surface area contributed by atoms with Crippen molar-refractivity contribution in [3.63, 3.8) is 0 Å². The molecule has 1 aromatic heterocycles. The van der Waals surface area contributed by atoms with E-state index in [-0.39, 0.29) is 6.61 Å². The Balaban J connectivity index is 1.19. The van der Waals surface area contributed by atoms with Crippen LogP contribution in [0.2, 0.25) is 0 Å². The summed E-state index contributed by atoms with van der Waals surface area (Å²) in [5.74, 6) is 5.41. The van der Waals surface area contributed by atoms with Crippen molar-refractivity contribution in [2.75, 3.05) is 13.7 Å². The molecule has 182 valence electrons. The molecule has 10 atom stereocenters. The standard InChI is InChI=1S/C29H43NO3/c1-18(17-33-26-7-5-6-20(16-31)30-26)22-8-9-23-21-14-25(32-4)29-15-19(29)10-13-28(29,3)24(21)11-12-27(22,23)2/h5-7,18-19,21-25,31H,8-17H2,1-4H3/t18?,19-,21+,22-,23+,24+,25?,27-,28-,29+/m1/s1. The summed E-state index contributed by atoms with van der Waals surface area (Å²) in [6, 6.07) is 5.67.